The number of hydrogen-bond acceptors (Lipinski definition) is 3. The zero-order valence-electron chi connectivity index (χ0n) is 12.6. The van der Waals surface area contributed by atoms with Gasteiger partial charge in [-0.3, -0.25) is 9.59 Å². The van der Waals surface area contributed by atoms with E-state index in [0.717, 1.165) is 4.90 Å². The second-order valence-electron chi connectivity index (χ2n) is 5.66. The Balaban J connectivity index is 2.07. The summed E-state index contributed by atoms with van der Waals surface area (Å²) in [6.45, 7) is 0.334. The van der Waals surface area contributed by atoms with Gasteiger partial charge in [0.15, 0.2) is 0 Å². The van der Waals surface area contributed by atoms with Gasteiger partial charge in [0.1, 0.15) is 0 Å². The normalized spacial score (nSPS) is 22.2. The van der Waals surface area contributed by atoms with Gasteiger partial charge in [0.05, 0.1) is 17.9 Å². The number of aliphatic carboxylic acids is 1. The number of carbonyl (C=O) groups excluding carboxylic acids is 1. The van der Waals surface area contributed by atoms with Gasteiger partial charge >= 0.3 is 18.2 Å². The lowest BCUT2D eigenvalue weighted by Crippen LogP contribution is -2.40. The summed E-state index contributed by atoms with van der Waals surface area (Å²) >= 11 is 0. The van der Waals surface area contributed by atoms with Crippen molar-refractivity contribution in [3.8, 4) is 0 Å². The molecule has 0 aromatic carbocycles. The highest BCUT2D eigenvalue weighted by Crippen LogP contribution is 2.37. The van der Waals surface area contributed by atoms with E-state index >= 15 is 0 Å². The highest BCUT2D eigenvalue weighted by Gasteiger charge is 2.53. The number of hydrogen-bond donors (Lipinski definition) is 3. The first-order chi connectivity index (χ1) is 11.1. The number of nitrogens with zero attached hydrogens (tertiary/aromatic N) is 1. The number of halogens is 3. The average Bonchev–Trinajstić information content (AvgIpc) is 2.92. The first kappa shape index (κ1) is 17.8. The number of pyridine rings is 1. The van der Waals surface area contributed by atoms with Gasteiger partial charge in [-0.05, 0) is 18.6 Å². The Labute approximate surface area is 134 Å². The fraction of sp³-hybridized carbons (Fsp3) is 0.500. The van der Waals surface area contributed by atoms with E-state index in [1.54, 1.807) is 13.0 Å². The third-order valence-corrected chi connectivity index (χ3v) is 3.98. The van der Waals surface area contributed by atoms with Crippen LogP contribution in [0.4, 0.5) is 18.0 Å². The molecule has 1 unspecified atom stereocenters. The van der Waals surface area contributed by atoms with Gasteiger partial charge in [0.25, 0.3) is 0 Å². The number of alkyl halides is 3. The summed E-state index contributed by atoms with van der Waals surface area (Å²) in [6, 6.07) is 1.39. The molecule has 1 aliphatic heterocycles. The number of urea groups is 1. The number of carboxylic acids is 1. The molecular formula is C14H16F3N3O4. The molecule has 1 fully saturated rings. The SMILES string of the molecule is CC(NC(=O)N1C[C@@H](C(F)(F)F)[C@H](C(=O)O)C1)c1cc[nH]c(=O)c1. The molecule has 0 radical (unpaired) electrons. The summed E-state index contributed by atoms with van der Waals surface area (Å²) in [5, 5.41) is 11.4. The monoisotopic (exact) mass is 347 g/mol. The highest BCUT2D eigenvalue weighted by molar-refractivity contribution is 5.78. The van der Waals surface area contributed by atoms with Crippen molar-refractivity contribution in [2.75, 3.05) is 13.1 Å². The van der Waals surface area contributed by atoms with Crippen LogP contribution in [0.3, 0.4) is 0 Å². The van der Waals surface area contributed by atoms with E-state index in [1.165, 1.54) is 12.3 Å². The third kappa shape index (κ3) is 3.87. The molecule has 1 aromatic heterocycles. The minimum atomic E-state index is -4.70. The van der Waals surface area contributed by atoms with Crippen molar-refractivity contribution < 1.29 is 27.9 Å². The maximum absolute atomic E-state index is 12.9. The van der Waals surface area contributed by atoms with E-state index in [2.05, 4.69) is 10.3 Å². The van der Waals surface area contributed by atoms with Crippen molar-refractivity contribution in [2.24, 2.45) is 11.8 Å². The molecule has 132 valence electrons. The zero-order valence-corrected chi connectivity index (χ0v) is 12.6. The molecule has 1 aliphatic rings. The lowest BCUT2D eigenvalue weighted by atomic mass is 9.96. The zero-order chi connectivity index (χ0) is 18.1. The Morgan fingerprint density at radius 3 is 2.58 bits per heavy atom. The first-order valence-corrected chi connectivity index (χ1v) is 7.13. The van der Waals surface area contributed by atoms with E-state index in [1.807, 2.05) is 0 Å². The van der Waals surface area contributed by atoms with Gasteiger partial charge in [0.2, 0.25) is 5.56 Å². The Bertz CT molecular complexity index is 688. The van der Waals surface area contributed by atoms with Crippen molar-refractivity contribution in [1.29, 1.82) is 0 Å². The lowest BCUT2D eigenvalue weighted by Gasteiger charge is -2.21. The van der Waals surface area contributed by atoms with Crippen LogP contribution in [0.15, 0.2) is 23.1 Å². The maximum Gasteiger partial charge on any atom is 0.394 e. The van der Waals surface area contributed by atoms with Crippen LogP contribution < -0.4 is 10.9 Å². The number of H-pyrrole nitrogens is 1. The van der Waals surface area contributed by atoms with Crippen molar-refractivity contribution in [2.45, 2.75) is 19.1 Å². The molecule has 0 spiro atoms. The Hall–Kier alpha value is -2.52. The maximum atomic E-state index is 12.9. The Morgan fingerprint density at radius 1 is 1.42 bits per heavy atom. The molecule has 1 aromatic rings. The molecule has 0 bridgehead atoms. The van der Waals surface area contributed by atoms with E-state index < -0.39 is 49.1 Å². The Kier molecular flexibility index (Phi) is 4.86. The summed E-state index contributed by atoms with van der Waals surface area (Å²) in [6.07, 6.45) is -3.31. The highest BCUT2D eigenvalue weighted by atomic mass is 19.4. The smallest absolute Gasteiger partial charge is 0.394 e. The summed E-state index contributed by atoms with van der Waals surface area (Å²) in [7, 11) is 0. The van der Waals surface area contributed by atoms with Crippen LogP contribution in [0.2, 0.25) is 0 Å². The lowest BCUT2D eigenvalue weighted by molar-refractivity contribution is -0.187. The average molecular weight is 347 g/mol. The number of carbonyl (C=O) groups is 2. The van der Waals surface area contributed by atoms with E-state index in [0.29, 0.717) is 5.56 Å². The molecule has 2 rings (SSSR count). The number of rotatable bonds is 3. The minimum absolute atomic E-state index is 0.377. The fourth-order valence-electron chi connectivity index (χ4n) is 2.64. The number of aromatic nitrogens is 1. The van der Waals surface area contributed by atoms with Gasteiger partial charge in [-0.1, -0.05) is 0 Å². The molecule has 3 N–H and O–H groups in total. The van der Waals surface area contributed by atoms with Crippen molar-refractivity contribution in [3.63, 3.8) is 0 Å². The summed E-state index contributed by atoms with van der Waals surface area (Å²) in [5.41, 5.74) is 0.103. The predicted octanol–water partition coefficient (Wildman–Crippen LogP) is 1.34. The second kappa shape index (κ2) is 6.54. The van der Waals surface area contributed by atoms with E-state index in [4.69, 9.17) is 5.11 Å². The van der Waals surface area contributed by atoms with Crippen LogP contribution in [0.25, 0.3) is 0 Å². The summed E-state index contributed by atoms with van der Waals surface area (Å²) in [5.74, 6) is -5.38. The standard InChI is InChI=1S/C14H16F3N3O4/c1-7(8-2-3-18-11(21)4-8)19-13(24)20-5-9(12(22)23)10(6-20)14(15,16)17/h2-4,7,9-10H,5-6H2,1H3,(H,18,21)(H,19,24)(H,22,23)/t7?,9-,10-/m1/s1. The van der Waals surface area contributed by atoms with E-state index in [9.17, 15) is 27.6 Å². The molecule has 1 saturated heterocycles. The van der Waals surface area contributed by atoms with Crippen LogP contribution in [-0.4, -0.2) is 46.3 Å². The van der Waals surface area contributed by atoms with Gasteiger partial charge in [-0.25, -0.2) is 4.79 Å². The number of carboxylic acid groups (broad SMARTS) is 1. The Morgan fingerprint density at radius 2 is 2.08 bits per heavy atom. The van der Waals surface area contributed by atoms with Crippen LogP contribution in [0, 0.1) is 11.8 Å². The van der Waals surface area contributed by atoms with Crippen LogP contribution in [0.5, 0.6) is 0 Å². The van der Waals surface area contributed by atoms with Crippen molar-refractivity contribution >= 4 is 12.0 Å². The molecule has 10 heteroatoms. The van der Waals surface area contributed by atoms with Crippen LogP contribution in [-0.2, 0) is 4.79 Å². The number of aromatic amines is 1. The van der Waals surface area contributed by atoms with Gasteiger partial charge in [0, 0.05) is 25.4 Å². The third-order valence-electron chi connectivity index (χ3n) is 3.98. The van der Waals surface area contributed by atoms with Gasteiger partial charge in [-0.15, -0.1) is 0 Å². The summed E-state index contributed by atoms with van der Waals surface area (Å²) in [4.78, 5) is 37.6. The predicted molar refractivity (Wildman–Crippen MR) is 76.3 cm³/mol. The quantitative estimate of drug-likeness (QED) is 0.768. The molecule has 2 amide bonds. The number of nitrogens with one attached hydrogen (secondary N) is 2. The molecule has 24 heavy (non-hydrogen) atoms. The van der Waals surface area contributed by atoms with Gasteiger partial charge in [-0.2, -0.15) is 13.2 Å². The van der Waals surface area contributed by atoms with Crippen LogP contribution >= 0.6 is 0 Å². The second-order valence-corrected chi connectivity index (χ2v) is 5.66. The van der Waals surface area contributed by atoms with Gasteiger partial charge < -0.3 is 20.3 Å². The van der Waals surface area contributed by atoms with Crippen molar-refractivity contribution in [3.05, 3.63) is 34.2 Å². The first-order valence-electron chi connectivity index (χ1n) is 7.13. The topological polar surface area (TPSA) is 102 Å². The van der Waals surface area contributed by atoms with Crippen LogP contribution in [0.1, 0.15) is 18.5 Å². The largest absolute Gasteiger partial charge is 0.481 e. The van der Waals surface area contributed by atoms with Crippen molar-refractivity contribution in [1.82, 2.24) is 15.2 Å². The number of amides is 2. The number of likely N-dealkylation sites (tertiary alicyclic amines) is 1. The minimum Gasteiger partial charge on any atom is -0.481 e. The summed E-state index contributed by atoms with van der Waals surface area (Å²) < 4.78 is 38.8. The molecule has 0 aliphatic carbocycles. The molecular weight excluding hydrogens is 331 g/mol. The molecule has 7 nitrogen and oxygen atoms in total. The molecule has 3 atom stereocenters. The molecule has 0 saturated carbocycles. The molecule has 2 heterocycles. The van der Waals surface area contributed by atoms with E-state index in [-0.39, 0.29) is 5.56 Å². The fourth-order valence-corrected chi connectivity index (χ4v) is 2.64.